The highest BCUT2D eigenvalue weighted by Gasteiger charge is 2.21. The molecule has 2 aromatic carbocycles. The molecule has 0 aliphatic carbocycles. The fraction of sp³-hybridized carbons (Fsp3) is 0. The van der Waals surface area contributed by atoms with E-state index in [1.165, 1.54) is 30.5 Å². The van der Waals surface area contributed by atoms with E-state index in [0.29, 0.717) is 5.56 Å². The number of aromatic nitrogens is 1. The summed E-state index contributed by atoms with van der Waals surface area (Å²) in [5, 5.41) is 7.36. The Morgan fingerprint density at radius 2 is 1.84 bits per heavy atom. The van der Waals surface area contributed by atoms with Gasteiger partial charge in [0.05, 0.1) is 15.6 Å². The summed E-state index contributed by atoms with van der Waals surface area (Å²) in [5.74, 6) is 2.19. The van der Waals surface area contributed by atoms with Crippen LogP contribution in [0.25, 0.3) is 0 Å². The lowest BCUT2D eigenvalue weighted by Gasteiger charge is -2.11. The van der Waals surface area contributed by atoms with Crippen molar-refractivity contribution in [2.75, 3.05) is 11.5 Å². The van der Waals surface area contributed by atoms with Gasteiger partial charge in [0.25, 0.3) is 0 Å². The Kier molecular flexibility index (Phi) is 6.75. The van der Waals surface area contributed by atoms with Gasteiger partial charge in [0, 0.05) is 29.6 Å². The fourth-order valence-electron chi connectivity index (χ4n) is 2.37. The molecule has 0 fully saturated rings. The van der Waals surface area contributed by atoms with Crippen molar-refractivity contribution >= 4 is 52.0 Å². The maximum atomic E-state index is 14.7. The Morgan fingerprint density at radius 3 is 2.48 bits per heavy atom. The van der Waals surface area contributed by atoms with Gasteiger partial charge in [0.15, 0.2) is 11.6 Å². The summed E-state index contributed by atoms with van der Waals surface area (Å²) in [7, 11) is 0. The van der Waals surface area contributed by atoms with Crippen LogP contribution in [-0.4, -0.2) is 15.4 Å². The van der Waals surface area contributed by atoms with E-state index in [2.05, 4.69) is 16.8 Å². The highest BCUT2D eigenvalue weighted by Crippen LogP contribution is 2.33. The first-order chi connectivity index (χ1) is 14.7. The summed E-state index contributed by atoms with van der Waals surface area (Å²) < 4.78 is 46.8. The van der Waals surface area contributed by atoms with Crippen LogP contribution in [0.15, 0.2) is 41.4 Å². The molecule has 158 valence electrons. The predicted octanol–water partition coefficient (Wildman–Crippen LogP) is 4.33. The van der Waals surface area contributed by atoms with Gasteiger partial charge in [0.2, 0.25) is 11.1 Å². The topological polar surface area (TPSA) is 115 Å². The maximum Gasteiger partial charge on any atom is 0.243 e. The van der Waals surface area contributed by atoms with Crippen LogP contribution in [0.2, 0.25) is 10.0 Å². The zero-order valence-corrected chi connectivity index (χ0v) is 17.7. The van der Waals surface area contributed by atoms with Gasteiger partial charge in [-0.15, -0.1) is 0 Å². The van der Waals surface area contributed by atoms with E-state index >= 15 is 0 Å². The largest absolute Gasteiger partial charge is 0.394 e. The smallest absolute Gasteiger partial charge is 0.243 e. The van der Waals surface area contributed by atoms with Crippen LogP contribution in [0.1, 0.15) is 16.7 Å². The van der Waals surface area contributed by atoms with E-state index in [4.69, 9.17) is 44.3 Å². The second kappa shape index (κ2) is 9.31. The highest BCUT2D eigenvalue weighted by molar-refractivity contribution is 7.80. The molecule has 0 saturated heterocycles. The minimum Gasteiger partial charge on any atom is -0.394 e. The number of hydrogen-bond donors (Lipinski definition) is 3. The molecule has 0 aliphatic rings. The number of anilines is 2. The number of nitrogen functional groups attached to an aromatic ring is 2. The maximum absolute atomic E-state index is 14.7. The summed E-state index contributed by atoms with van der Waals surface area (Å²) >= 11 is 9.65. The molecule has 3 aromatic rings. The molecule has 0 radical (unpaired) electrons. The van der Waals surface area contributed by atoms with E-state index in [1.807, 2.05) is 0 Å². The first kappa shape index (κ1) is 22.5. The average Bonchev–Trinajstić information content (AvgIpc) is 2.72. The molecule has 11 heteroatoms. The van der Waals surface area contributed by atoms with Crippen molar-refractivity contribution in [2.24, 2.45) is 0 Å². The summed E-state index contributed by atoms with van der Waals surface area (Å²) in [6.45, 7) is 0. The van der Waals surface area contributed by atoms with Gasteiger partial charge in [-0.1, -0.05) is 41.1 Å². The summed E-state index contributed by atoms with van der Waals surface area (Å²) in [4.78, 5) is 3.79. The van der Waals surface area contributed by atoms with Crippen LogP contribution in [0.3, 0.4) is 0 Å². The van der Waals surface area contributed by atoms with E-state index in [-0.39, 0.29) is 26.3 Å². The van der Waals surface area contributed by atoms with Crippen LogP contribution < -0.4 is 15.7 Å². The molecule has 1 aromatic heterocycles. The van der Waals surface area contributed by atoms with Crippen LogP contribution in [0.4, 0.5) is 20.3 Å². The summed E-state index contributed by atoms with van der Waals surface area (Å²) in [6, 6.07) is 6.60. The molecule has 0 amide bonds. The molecule has 0 saturated carbocycles. The first-order valence-electron chi connectivity index (χ1n) is 8.32. The lowest BCUT2D eigenvalue weighted by Crippen LogP contribution is -2.07. The van der Waals surface area contributed by atoms with Gasteiger partial charge in [0.1, 0.15) is 22.2 Å². The second-order valence-corrected chi connectivity index (χ2v) is 7.78. The molecule has 6 nitrogen and oxygen atoms in total. The lowest BCUT2D eigenvalue weighted by molar-refractivity contribution is 0.536. The van der Waals surface area contributed by atoms with Gasteiger partial charge in [-0.2, -0.15) is 0 Å². The third-order valence-corrected chi connectivity index (χ3v) is 5.86. The van der Waals surface area contributed by atoms with Crippen molar-refractivity contribution in [3.63, 3.8) is 0 Å². The quantitative estimate of drug-likeness (QED) is 0.292. The van der Waals surface area contributed by atoms with E-state index < -0.39 is 39.7 Å². The summed E-state index contributed by atoms with van der Waals surface area (Å²) in [5.41, 5.74) is 10.6. The zero-order valence-electron chi connectivity index (χ0n) is 15.4. The Balaban J connectivity index is 1.95. The van der Waals surface area contributed by atoms with E-state index in [9.17, 15) is 13.0 Å². The van der Waals surface area contributed by atoms with Gasteiger partial charge < -0.3 is 21.1 Å². The number of hydrogen-bond acceptors (Lipinski definition) is 6. The molecule has 0 bridgehead atoms. The third-order valence-electron chi connectivity index (χ3n) is 3.91. The van der Waals surface area contributed by atoms with Crippen molar-refractivity contribution in [2.45, 2.75) is 4.90 Å². The molecular formula is C20H12Cl2F2N4O2S. The van der Waals surface area contributed by atoms with Crippen LogP contribution in [-0.2, 0) is 11.1 Å². The van der Waals surface area contributed by atoms with Crippen molar-refractivity contribution in [3.05, 3.63) is 74.9 Å². The van der Waals surface area contributed by atoms with Gasteiger partial charge in [-0.3, -0.25) is 0 Å². The minimum atomic E-state index is -2.29. The van der Waals surface area contributed by atoms with E-state index in [1.54, 1.807) is 0 Å². The highest BCUT2D eigenvalue weighted by atomic mass is 35.5. The number of pyridine rings is 1. The molecule has 5 N–H and O–H groups in total. The number of nitrogens with zero attached hydrogens (tertiary/aromatic N) is 1. The molecule has 1 atom stereocenters. The average molecular weight is 481 g/mol. The van der Waals surface area contributed by atoms with Crippen molar-refractivity contribution in [1.82, 2.24) is 4.98 Å². The number of nitrogens with two attached hydrogens (primary N) is 2. The number of rotatable bonds is 4. The van der Waals surface area contributed by atoms with Crippen LogP contribution in [0.5, 0.6) is 5.75 Å². The second-order valence-electron chi connectivity index (χ2n) is 5.92. The van der Waals surface area contributed by atoms with Gasteiger partial charge in [-0.25, -0.2) is 18.0 Å². The van der Waals surface area contributed by atoms with Crippen LogP contribution >= 0.6 is 23.2 Å². The molecule has 0 spiro atoms. The molecular weight excluding hydrogens is 469 g/mol. The third kappa shape index (κ3) is 4.77. The van der Waals surface area contributed by atoms with Crippen molar-refractivity contribution < 1.29 is 17.2 Å². The fourth-order valence-corrected chi connectivity index (χ4v) is 3.99. The van der Waals surface area contributed by atoms with Gasteiger partial charge >= 0.3 is 0 Å². The molecule has 0 aliphatic heterocycles. The number of halogens is 4. The minimum absolute atomic E-state index is 0.0502. The first-order valence-corrected chi connectivity index (χ1v) is 10.2. The molecule has 1 unspecified atom stereocenters. The lowest BCUT2D eigenvalue weighted by atomic mass is 10.1. The Labute approximate surface area is 188 Å². The standard InChI is InChI=1S/C20H12Cl2F2N4O2S/c21-13-2-1-3-14(22)19(13)31(29)30-16-7-15(23)12(17(24)18(16)26)5-4-10-6-11(8-25)20(27)28-9-10/h1-3,6-9,25H,26H2,(H2,27,28). The number of benzene rings is 2. The van der Waals surface area contributed by atoms with E-state index in [0.717, 1.165) is 12.3 Å². The molecule has 3 rings (SSSR count). The normalized spacial score (nSPS) is 11.4. The van der Waals surface area contributed by atoms with Gasteiger partial charge in [-0.05, 0) is 18.2 Å². The number of nitrogens with one attached hydrogen (secondary N) is 1. The predicted molar refractivity (Wildman–Crippen MR) is 117 cm³/mol. The monoisotopic (exact) mass is 480 g/mol. The Bertz CT molecular complexity index is 1270. The van der Waals surface area contributed by atoms with Crippen molar-refractivity contribution in [1.29, 1.82) is 5.41 Å². The summed E-state index contributed by atoms with van der Waals surface area (Å²) in [6.07, 6.45) is 2.27. The SMILES string of the molecule is N=Cc1cc(C#Cc2c(F)cc(OS(=O)c3c(Cl)cccc3Cl)c(N)c2F)cnc1N. The Morgan fingerprint density at radius 1 is 1.16 bits per heavy atom. The zero-order chi connectivity index (χ0) is 22.7. The molecule has 1 heterocycles. The molecule has 31 heavy (non-hydrogen) atoms. The van der Waals surface area contributed by atoms with Crippen LogP contribution in [0, 0.1) is 28.9 Å². The Hall–Kier alpha value is -3.19. The van der Waals surface area contributed by atoms with Crippen molar-refractivity contribution in [3.8, 4) is 17.6 Å².